The quantitative estimate of drug-likeness (QED) is 0.878. The van der Waals surface area contributed by atoms with E-state index in [-0.39, 0.29) is 17.1 Å². The van der Waals surface area contributed by atoms with E-state index in [1.54, 1.807) is 12.1 Å². The molecule has 1 atom stereocenters. The molecule has 4 heteroatoms. The van der Waals surface area contributed by atoms with Crippen molar-refractivity contribution in [3.63, 3.8) is 0 Å². The summed E-state index contributed by atoms with van der Waals surface area (Å²) in [5.74, 6) is -0.242. The molecule has 3 nitrogen and oxygen atoms in total. The number of hydrogen-bond acceptors (Lipinski definition) is 2. The van der Waals surface area contributed by atoms with Gasteiger partial charge in [0, 0.05) is 12.2 Å². The predicted molar refractivity (Wildman–Crippen MR) is 74.5 cm³/mol. The lowest BCUT2D eigenvalue weighted by molar-refractivity contribution is -0.127. The number of carbonyl (C=O) groups excluding carboxylic acids is 1. The normalized spacial score (nSPS) is 23.1. The molecule has 1 aliphatic rings. The van der Waals surface area contributed by atoms with Crippen LogP contribution in [0.15, 0.2) is 24.3 Å². The first kappa shape index (κ1) is 14.0. The van der Waals surface area contributed by atoms with Crippen molar-refractivity contribution < 1.29 is 9.18 Å². The third kappa shape index (κ3) is 3.32. The molecule has 104 valence electrons. The molecule has 1 heterocycles. The minimum Gasteiger partial charge on any atom is -0.326 e. The SMILES string of the molecule is CCCC1(C(=O)Nc2ccc(F)cc2)CCCNC1. The van der Waals surface area contributed by atoms with Crippen molar-refractivity contribution in [3.05, 3.63) is 30.1 Å². The maximum Gasteiger partial charge on any atom is 0.231 e. The van der Waals surface area contributed by atoms with Gasteiger partial charge in [-0.3, -0.25) is 4.79 Å². The van der Waals surface area contributed by atoms with Crippen molar-refractivity contribution in [2.45, 2.75) is 32.6 Å². The van der Waals surface area contributed by atoms with Gasteiger partial charge in [-0.05, 0) is 50.1 Å². The number of rotatable bonds is 4. The van der Waals surface area contributed by atoms with Crippen LogP contribution >= 0.6 is 0 Å². The molecule has 1 aliphatic heterocycles. The van der Waals surface area contributed by atoms with E-state index in [2.05, 4.69) is 17.6 Å². The van der Waals surface area contributed by atoms with Crippen LogP contribution in [0.4, 0.5) is 10.1 Å². The third-order valence-electron chi connectivity index (χ3n) is 3.78. The number of amides is 1. The smallest absolute Gasteiger partial charge is 0.231 e. The van der Waals surface area contributed by atoms with Gasteiger partial charge >= 0.3 is 0 Å². The van der Waals surface area contributed by atoms with Gasteiger partial charge in [-0.1, -0.05) is 13.3 Å². The second kappa shape index (κ2) is 6.15. The van der Waals surface area contributed by atoms with E-state index in [0.29, 0.717) is 5.69 Å². The molecule has 0 bridgehead atoms. The zero-order valence-corrected chi connectivity index (χ0v) is 11.3. The summed E-state index contributed by atoms with van der Waals surface area (Å²) in [7, 11) is 0. The van der Waals surface area contributed by atoms with Crippen molar-refractivity contribution >= 4 is 11.6 Å². The average Bonchev–Trinajstić information content (AvgIpc) is 2.43. The molecule has 1 aromatic carbocycles. The number of hydrogen-bond donors (Lipinski definition) is 2. The maximum absolute atomic E-state index is 12.9. The Bertz CT molecular complexity index is 419. The molecule has 0 spiro atoms. The number of piperidine rings is 1. The van der Waals surface area contributed by atoms with E-state index in [0.717, 1.165) is 38.8 Å². The third-order valence-corrected chi connectivity index (χ3v) is 3.78. The first-order valence-electron chi connectivity index (χ1n) is 6.94. The second-order valence-electron chi connectivity index (χ2n) is 5.27. The number of halogens is 1. The van der Waals surface area contributed by atoms with Gasteiger partial charge in [0.2, 0.25) is 5.91 Å². The fourth-order valence-corrected chi connectivity index (χ4v) is 2.76. The fraction of sp³-hybridized carbons (Fsp3) is 0.533. The summed E-state index contributed by atoms with van der Waals surface area (Å²) >= 11 is 0. The van der Waals surface area contributed by atoms with Gasteiger partial charge in [-0.2, -0.15) is 0 Å². The highest BCUT2D eigenvalue weighted by Crippen LogP contribution is 2.33. The van der Waals surface area contributed by atoms with Crippen LogP contribution in [-0.2, 0) is 4.79 Å². The van der Waals surface area contributed by atoms with Crippen LogP contribution in [0.3, 0.4) is 0 Å². The molecule has 0 radical (unpaired) electrons. The highest BCUT2D eigenvalue weighted by Gasteiger charge is 2.38. The van der Waals surface area contributed by atoms with Gasteiger partial charge in [0.1, 0.15) is 5.82 Å². The predicted octanol–water partition coefficient (Wildman–Crippen LogP) is 2.93. The van der Waals surface area contributed by atoms with Gasteiger partial charge in [0.05, 0.1) is 5.41 Å². The molecule has 0 aliphatic carbocycles. The van der Waals surface area contributed by atoms with Crippen molar-refractivity contribution in [2.24, 2.45) is 5.41 Å². The van der Waals surface area contributed by atoms with Crippen molar-refractivity contribution in [3.8, 4) is 0 Å². The Balaban J connectivity index is 2.09. The van der Waals surface area contributed by atoms with Crippen molar-refractivity contribution in [1.82, 2.24) is 5.32 Å². The first-order valence-corrected chi connectivity index (χ1v) is 6.94. The summed E-state index contributed by atoms with van der Waals surface area (Å²) in [5, 5.41) is 6.23. The molecule has 1 amide bonds. The Kier molecular flexibility index (Phi) is 4.53. The molecule has 0 saturated carbocycles. The number of anilines is 1. The topological polar surface area (TPSA) is 41.1 Å². The summed E-state index contributed by atoms with van der Waals surface area (Å²) in [6, 6.07) is 5.93. The summed E-state index contributed by atoms with van der Waals surface area (Å²) in [6.07, 6.45) is 3.81. The Labute approximate surface area is 113 Å². The first-order chi connectivity index (χ1) is 9.16. The van der Waals surface area contributed by atoms with Gasteiger partial charge < -0.3 is 10.6 Å². The zero-order valence-electron chi connectivity index (χ0n) is 11.3. The Morgan fingerprint density at radius 2 is 2.16 bits per heavy atom. The van der Waals surface area contributed by atoms with Crippen LogP contribution in [0.1, 0.15) is 32.6 Å². The lowest BCUT2D eigenvalue weighted by atomic mass is 9.76. The van der Waals surface area contributed by atoms with E-state index in [1.165, 1.54) is 12.1 Å². The van der Waals surface area contributed by atoms with Gasteiger partial charge in [-0.25, -0.2) is 4.39 Å². The summed E-state index contributed by atoms with van der Waals surface area (Å²) in [4.78, 5) is 12.5. The largest absolute Gasteiger partial charge is 0.326 e. The molecule has 1 unspecified atom stereocenters. The zero-order chi connectivity index (χ0) is 13.7. The fourth-order valence-electron chi connectivity index (χ4n) is 2.76. The lowest BCUT2D eigenvalue weighted by Crippen LogP contribution is -2.48. The Morgan fingerprint density at radius 1 is 1.42 bits per heavy atom. The minimum absolute atomic E-state index is 0.0492. The number of nitrogens with one attached hydrogen (secondary N) is 2. The molecule has 1 aromatic rings. The van der Waals surface area contributed by atoms with Crippen LogP contribution in [0.2, 0.25) is 0 Å². The van der Waals surface area contributed by atoms with E-state index < -0.39 is 0 Å². The Morgan fingerprint density at radius 3 is 2.74 bits per heavy atom. The van der Waals surface area contributed by atoms with Gasteiger partial charge in [0.25, 0.3) is 0 Å². The summed E-state index contributed by atoms with van der Waals surface area (Å²) in [5.41, 5.74) is 0.342. The highest BCUT2D eigenvalue weighted by atomic mass is 19.1. The molecule has 2 N–H and O–H groups in total. The number of carbonyl (C=O) groups is 1. The lowest BCUT2D eigenvalue weighted by Gasteiger charge is -2.36. The van der Waals surface area contributed by atoms with E-state index >= 15 is 0 Å². The van der Waals surface area contributed by atoms with Crippen molar-refractivity contribution in [1.29, 1.82) is 0 Å². The molecule has 2 rings (SSSR count). The molecular weight excluding hydrogens is 243 g/mol. The summed E-state index contributed by atoms with van der Waals surface area (Å²) < 4.78 is 12.9. The monoisotopic (exact) mass is 264 g/mol. The van der Waals surface area contributed by atoms with Crippen LogP contribution in [0.5, 0.6) is 0 Å². The summed E-state index contributed by atoms with van der Waals surface area (Å²) in [6.45, 7) is 3.81. The molecular formula is C15H21FN2O. The second-order valence-corrected chi connectivity index (χ2v) is 5.27. The number of benzene rings is 1. The molecule has 19 heavy (non-hydrogen) atoms. The van der Waals surface area contributed by atoms with Crippen LogP contribution in [0.25, 0.3) is 0 Å². The molecule has 1 saturated heterocycles. The minimum atomic E-state index is -0.318. The highest BCUT2D eigenvalue weighted by molar-refractivity contribution is 5.95. The standard InChI is InChI=1S/C15H21FN2O/c1-2-8-15(9-3-10-17-11-15)14(19)18-13-6-4-12(16)5-7-13/h4-7,17H,2-3,8-11H2,1H3,(H,18,19). The van der Waals surface area contributed by atoms with E-state index in [4.69, 9.17) is 0 Å². The van der Waals surface area contributed by atoms with Crippen molar-refractivity contribution in [2.75, 3.05) is 18.4 Å². The Hall–Kier alpha value is -1.42. The molecule has 0 aromatic heterocycles. The van der Waals surface area contributed by atoms with Gasteiger partial charge in [0.15, 0.2) is 0 Å². The van der Waals surface area contributed by atoms with Crippen LogP contribution in [-0.4, -0.2) is 19.0 Å². The van der Waals surface area contributed by atoms with Crippen LogP contribution < -0.4 is 10.6 Å². The van der Waals surface area contributed by atoms with E-state index in [1.807, 2.05) is 0 Å². The average molecular weight is 264 g/mol. The van der Waals surface area contributed by atoms with E-state index in [9.17, 15) is 9.18 Å². The molecule has 1 fully saturated rings. The van der Waals surface area contributed by atoms with Crippen LogP contribution in [0, 0.1) is 11.2 Å². The maximum atomic E-state index is 12.9. The van der Waals surface area contributed by atoms with Gasteiger partial charge in [-0.15, -0.1) is 0 Å².